The summed E-state index contributed by atoms with van der Waals surface area (Å²) in [5.41, 5.74) is 0.713. The molecule has 0 saturated carbocycles. The third kappa shape index (κ3) is 3.28. The predicted molar refractivity (Wildman–Crippen MR) is 42.4 cm³/mol. The van der Waals surface area contributed by atoms with E-state index in [9.17, 15) is 4.79 Å². The number of allylic oxidation sites excluding steroid dienone is 1. The summed E-state index contributed by atoms with van der Waals surface area (Å²) in [6.45, 7) is 9.25. The van der Waals surface area contributed by atoms with Crippen LogP contribution in [0.5, 0.6) is 0 Å². The molecule has 0 aromatic carbocycles. The van der Waals surface area contributed by atoms with Crippen LogP contribution in [0.25, 0.3) is 0 Å². The van der Waals surface area contributed by atoms with E-state index in [-0.39, 0.29) is 11.8 Å². The minimum absolute atomic E-state index is 0.0648. The zero-order valence-electron chi connectivity index (χ0n) is 6.90. The number of amides is 1. The molecule has 10 heavy (non-hydrogen) atoms. The molecule has 1 amide bonds. The zero-order chi connectivity index (χ0) is 8.15. The molecule has 1 unspecified atom stereocenters. The lowest BCUT2D eigenvalue weighted by Crippen LogP contribution is -2.26. The van der Waals surface area contributed by atoms with Crippen molar-refractivity contribution in [3.63, 3.8) is 0 Å². The minimum Gasteiger partial charge on any atom is -0.330 e. The molecule has 0 spiro atoms. The van der Waals surface area contributed by atoms with Crippen LogP contribution in [0, 0.1) is 5.92 Å². The standard InChI is InChI=1S/C8H15NO/c1-5-7(4)8(10)9-6(2)3/h7H,2,5H2,1,3-4H3,(H,9,10). The van der Waals surface area contributed by atoms with Crippen LogP contribution in [0.15, 0.2) is 12.3 Å². The van der Waals surface area contributed by atoms with Gasteiger partial charge in [-0.25, -0.2) is 0 Å². The largest absolute Gasteiger partial charge is 0.330 e. The molecule has 2 heteroatoms. The van der Waals surface area contributed by atoms with Crippen molar-refractivity contribution >= 4 is 5.91 Å². The Labute approximate surface area is 62.3 Å². The van der Waals surface area contributed by atoms with Crippen LogP contribution in [-0.2, 0) is 4.79 Å². The molecule has 0 aliphatic carbocycles. The molecule has 1 N–H and O–H groups in total. The summed E-state index contributed by atoms with van der Waals surface area (Å²) < 4.78 is 0. The highest BCUT2D eigenvalue weighted by atomic mass is 16.1. The zero-order valence-corrected chi connectivity index (χ0v) is 6.90. The van der Waals surface area contributed by atoms with Gasteiger partial charge in [-0.1, -0.05) is 20.4 Å². The van der Waals surface area contributed by atoms with Crippen LogP contribution < -0.4 is 5.32 Å². The molecule has 0 fully saturated rings. The van der Waals surface area contributed by atoms with Crippen molar-refractivity contribution in [3.05, 3.63) is 12.3 Å². The molecule has 0 radical (unpaired) electrons. The van der Waals surface area contributed by atoms with Crippen molar-refractivity contribution in [3.8, 4) is 0 Å². The third-order valence-corrected chi connectivity index (χ3v) is 1.40. The molecular formula is C8H15NO. The van der Waals surface area contributed by atoms with Gasteiger partial charge in [-0.3, -0.25) is 4.79 Å². The van der Waals surface area contributed by atoms with Crippen molar-refractivity contribution in [2.24, 2.45) is 5.92 Å². The average molecular weight is 141 g/mol. The van der Waals surface area contributed by atoms with Crippen LogP contribution in [-0.4, -0.2) is 5.91 Å². The van der Waals surface area contributed by atoms with Gasteiger partial charge in [0.25, 0.3) is 0 Å². The minimum atomic E-state index is 0.0648. The Bertz CT molecular complexity index is 140. The molecule has 0 rings (SSSR count). The van der Waals surface area contributed by atoms with Crippen molar-refractivity contribution in [1.82, 2.24) is 5.32 Å². The molecule has 0 bridgehead atoms. The summed E-state index contributed by atoms with van der Waals surface area (Å²) in [4.78, 5) is 11.0. The fraction of sp³-hybridized carbons (Fsp3) is 0.625. The number of rotatable bonds is 3. The fourth-order valence-corrected chi connectivity index (χ4v) is 0.519. The Morgan fingerprint density at radius 2 is 2.20 bits per heavy atom. The first-order valence-electron chi connectivity index (χ1n) is 3.54. The average Bonchev–Trinajstić information content (AvgIpc) is 1.85. The molecule has 0 aliphatic rings. The molecule has 0 aliphatic heterocycles. The monoisotopic (exact) mass is 141 g/mol. The lowest BCUT2D eigenvalue weighted by molar-refractivity contribution is -0.123. The Hall–Kier alpha value is -0.790. The predicted octanol–water partition coefficient (Wildman–Crippen LogP) is 1.68. The normalized spacial score (nSPS) is 12.3. The van der Waals surface area contributed by atoms with Gasteiger partial charge in [0, 0.05) is 11.6 Å². The fourth-order valence-electron chi connectivity index (χ4n) is 0.519. The molecule has 1 atom stereocenters. The van der Waals surface area contributed by atoms with Gasteiger partial charge in [0.2, 0.25) is 5.91 Å². The maximum atomic E-state index is 11.0. The van der Waals surface area contributed by atoms with E-state index in [0.717, 1.165) is 6.42 Å². The first kappa shape index (κ1) is 9.21. The first-order chi connectivity index (χ1) is 4.57. The maximum absolute atomic E-state index is 11.0. The maximum Gasteiger partial charge on any atom is 0.226 e. The SMILES string of the molecule is C=C(C)NC(=O)C(C)CC. The molecule has 2 nitrogen and oxygen atoms in total. The van der Waals surface area contributed by atoms with Crippen LogP contribution >= 0.6 is 0 Å². The number of hydrogen-bond donors (Lipinski definition) is 1. The number of hydrogen-bond acceptors (Lipinski definition) is 1. The number of nitrogens with one attached hydrogen (secondary N) is 1. The van der Waals surface area contributed by atoms with Crippen molar-refractivity contribution in [2.75, 3.05) is 0 Å². The van der Waals surface area contributed by atoms with Crippen molar-refractivity contribution in [2.45, 2.75) is 27.2 Å². The third-order valence-electron chi connectivity index (χ3n) is 1.40. The first-order valence-corrected chi connectivity index (χ1v) is 3.54. The van der Waals surface area contributed by atoms with Gasteiger partial charge in [0.05, 0.1) is 0 Å². The van der Waals surface area contributed by atoms with E-state index in [1.165, 1.54) is 0 Å². The van der Waals surface area contributed by atoms with E-state index in [1.54, 1.807) is 6.92 Å². The van der Waals surface area contributed by atoms with Gasteiger partial charge in [-0.2, -0.15) is 0 Å². The number of carbonyl (C=O) groups excluding carboxylic acids is 1. The highest BCUT2D eigenvalue weighted by molar-refractivity contribution is 5.79. The van der Waals surface area contributed by atoms with E-state index in [0.29, 0.717) is 5.70 Å². The Kier molecular flexibility index (Phi) is 3.77. The lowest BCUT2D eigenvalue weighted by Gasteiger charge is -2.08. The second kappa shape index (κ2) is 4.09. The van der Waals surface area contributed by atoms with Crippen LogP contribution in [0.3, 0.4) is 0 Å². The van der Waals surface area contributed by atoms with Gasteiger partial charge in [0.15, 0.2) is 0 Å². The number of carbonyl (C=O) groups is 1. The lowest BCUT2D eigenvalue weighted by atomic mass is 10.1. The van der Waals surface area contributed by atoms with Crippen molar-refractivity contribution < 1.29 is 4.79 Å². The summed E-state index contributed by atoms with van der Waals surface area (Å²) in [6, 6.07) is 0. The highest BCUT2D eigenvalue weighted by Gasteiger charge is 2.08. The summed E-state index contributed by atoms with van der Waals surface area (Å²) in [5, 5.41) is 2.66. The van der Waals surface area contributed by atoms with E-state index < -0.39 is 0 Å². The summed E-state index contributed by atoms with van der Waals surface area (Å²) in [6.07, 6.45) is 0.874. The summed E-state index contributed by atoms with van der Waals surface area (Å²) in [5.74, 6) is 0.159. The summed E-state index contributed by atoms with van der Waals surface area (Å²) in [7, 11) is 0. The highest BCUT2D eigenvalue weighted by Crippen LogP contribution is 2.00. The van der Waals surface area contributed by atoms with Crippen LogP contribution in [0.2, 0.25) is 0 Å². The van der Waals surface area contributed by atoms with Gasteiger partial charge in [-0.05, 0) is 13.3 Å². The Balaban J connectivity index is 3.73. The second-order valence-corrected chi connectivity index (χ2v) is 2.58. The molecule has 0 aromatic rings. The van der Waals surface area contributed by atoms with E-state index in [2.05, 4.69) is 11.9 Å². The second-order valence-electron chi connectivity index (χ2n) is 2.58. The Morgan fingerprint density at radius 3 is 2.50 bits per heavy atom. The Morgan fingerprint density at radius 1 is 1.70 bits per heavy atom. The molecule has 0 heterocycles. The smallest absolute Gasteiger partial charge is 0.226 e. The van der Waals surface area contributed by atoms with Gasteiger partial charge >= 0.3 is 0 Å². The molecule has 58 valence electrons. The van der Waals surface area contributed by atoms with E-state index in [4.69, 9.17) is 0 Å². The molecular weight excluding hydrogens is 126 g/mol. The van der Waals surface area contributed by atoms with Gasteiger partial charge in [0.1, 0.15) is 0 Å². The van der Waals surface area contributed by atoms with E-state index >= 15 is 0 Å². The molecule has 0 saturated heterocycles. The molecule has 0 aromatic heterocycles. The topological polar surface area (TPSA) is 29.1 Å². The van der Waals surface area contributed by atoms with Crippen LogP contribution in [0.4, 0.5) is 0 Å². The van der Waals surface area contributed by atoms with Crippen LogP contribution in [0.1, 0.15) is 27.2 Å². The van der Waals surface area contributed by atoms with Gasteiger partial charge in [-0.15, -0.1) is 0 Å². The van der Waals surface area contributed by atoms with E-state index in [1.807, 2.05) is 13.8 Å². The van der Waals surface area contributed by atoms with Crippen molar-refractivity contribution in [1.29, 1.82) is 0 Å². The quantitative estimate of drug-likeness (QED) is 0.636. The van der Waals surface area contributed by atoms with Gasteiger partial charge < -0.3 is 5.32 Å². The summed E-state index contributed by atoms with van der Waals surface area (Å²) >= 11 is 0.